The summed E-state index contributed by atoms with van der Waals surface area (Å²) in [5.41, 5.74) is 1.35. The Morgan fingerprint density at radius 1 is 0.762 bits per heavy atom. The van der Waals surface area contributed by atoms with Crippen molar-refractivity contribution in [2.75, 3.05) is 21.3 Å². The fourth-order valence-corrected chi connectivity index (χ4v) is 0.861. The number of hydrogen-bond acceptors (Lipinski definition) is 2. The Morgan fingerprint density at radius 2 is 1.05 bits per heavy atom. The normalized spacial score (nSPS) is 6.76. The van der Waals surface area contributed by atoms with E-state index in [-0.39, 0.29) is 21.1 Å². The molecule has 2 nitrogen and oxygen atoms in total. The minimum atomic E-state index is 0. The van der Waals surface area contributed by atoms with Crippen molar-refractivity contribution in [2.45, 2.75) is 61.3 Å². The number of aryl methyl sites for hydroxylation is 1. The smallest absolute Gasteiger partial charge is 0.118 e. The molecule has 0 saturated heterocycles. The third kappa shape index (κ3) is 32.9. The second kappa shape index (κ2) is 36.7. The average Bonchev–Trinajstić information content (AvgIpc) is 2.53. The van der Waals surface area contributed by atoms with Crippen molar-refractivity contribution >= 4 is 0 Å². The Bertz CT molecular complexity index is 198. The second-order valence-corrected chi connectivity index (χ2v) is 3.32. The van der Waals surface area contributed by atoms with Crippen LogP contribution in [-0.4, -0.2) is 21.3 Å². The van der Waals surface area contributed by atoms with Crippen LogP contribution in [-0.2, 0) is 32.2 Å². The zero-order chi connectivity index (χ0) is 16.8. The molecule has 0 spiro atoms. The summed E-state index contributed by atoms with van der Waals surface area (Å²) in [6.45, 7) is 14.4. The first-order valence-corrected chi connectivity index (χ1v) is 7.73. The summed E-state index contributed by atoms with van der Waals surface area (Å²) in [6, 6.07) is 8.13. The molecule has 0 aliphatic rings. The van der Waals surface area contributed by atoms with Gasteiger partial charge >= 0.3 is 0 Å². The summed E-state index contributed by atoms with van der Waals surface area (Å²) in [5.74, 6) is 0.928. The van der Waals surface area contributed by atoms with E-state index in [0.29, 0.717) is 0 Å². The van der Waals surface area contributed by atoms with Crippen molar-refractivity contribution < 1.29 is 30.5 Å². The molecule has 0 fully saturated rings. The molecule has 0 heterocycles. The van der Waals surface area contributed by atoms with Crippen LogP contribution in [0.2, 0.25) is 0 Å². The third-order valence-corrected chi connectivity index (χ3v) is 1.57. The largest absolute Gasteiger partial charge is 0.497 e. The van der Waals surface area contributed by atoms with Gasteiger partial charge in [0, 0.05) is 35.3 Å². The summed E-state index contributed by atoms with van der Waals surface area (Å²) in [4.78, 5) is 0. The number of rotatable bonds is 2. The molecular weight excluding hydrogens is 432 g/mol. The predicted molar refractivity (Wildman–Crippen MR) is 94.0 cm³/mol. The van der Waals surface area contributed by atoms with E-state index >= 15 is 0 Å². The summed E-state index contributed by atoms with van der Waals surface area (Å²) in [5, 5.41) is 0. The molecule has 0 aliphatic heterocycles. The van der Waals surface area contributed by atoms with E-state index in [0.717, 1.165) is 12.2 Å². The number of hydrogen-bond donors (Lipinski definition) is 0. The Hall–Kier alpha value is -0.332. The van der Waals surface area contributed by atoms with Crippen molar-refractivity contribution in [1.29, 1.82) is 0 Å². The first-order chi connectivity index (χ1) is 9.69. The van der Waals surface area contributed by atoms with Crippen LogP contribution in [0.5, 0.6) is 5.75 Å². The molecule has 0 N–H and O–H groups in total. The van der Waals surface area contributed by atoms with Crippen LogP contribution in [0.3, 0.4) is 0 Å². The van der Waals surface area contributed by atoms with E-state index in [1.165, 1.54) is 12.0 Å². The zero-order valence-corrected chi connectivity index (χ0v) is 18.9. The minimum absolute atomic E-state index is 0. The fraction of sp³-hybridized carbons (Fsp3) is 0.667. The van der Waals surface area contributed by atoms with Crippen LogP contribution in [0.1, 0.15) is 60.5 Å². The SMILES string of the molecule is CC.CC.CCC.CCc1ccc(OC)cc1.COC.[W]. The van der Waals surface area contributed by atoms with Crippen LogP contribution >= 0.6 is 0 Å². The second-order valence-electron chi connectivity index (χ2n) is 3.32. The van der Waals surface area contributed by atoms with Crippen molar-refractivity contribution in [3.63, 3.8) is 0 Å². The van der Waals surface area contributed by atoms with Gasteiger partial charge in [-0.2, -0.15) is 0 Å². The Morgan fingerprint density at radius 3 is 1.24 bits per heavy atom. The number of benzene rings is 1. The number of ether oxygens (including phenoxy) is 2. The molecule has 3 heteroatoms. The van der Waals surface area contributed by atoms with Gasteiger partial charge in [-0.05, 0) is 24.1 Å². The molecule has 1 aromatic rings. The van der Waals surface area contributed by atoms with Crippen LogP contribution in [0, 0.1) is 0 Å². The van der Waals surface area contributed by atoms with E-state index in [4.69, 9.17) is 4.74 Å². The summed E-state index contributed by atoms with van der Waals surface area (Å²) in [6.07, 6.45) is 2.34. The molecule has 0 aliphatic carbocycles. The maximum absolute atomic E-state index is 5.01. The van der Waals surface area contributed by atoms with Crippen LogP contribution < -0.4 is 4.74 Å². The van der Waals surface area contributed by atoms with Gasteiger partial charge in [0.15, 0.2) is 0 Å². The van der Waals surface area contributed by atoms with Crippen molar-refractivity contribution in [2.24, 2.45) is 0 Å². The molecular formula is C18H38O2W. The topological polar surface area (TPSA) is 18.5 Å². The summed E-state index contributed by atoms with van der Waals surface area (Å²) < 4.78 is 9.26. The molecule has 0 unspecified atom stereocenters. The molecule has 0 atom stereocenters. The van der Waals surface area contributed by atoms with Crippen LogP contribution in [0.25, 0.3) is 0 Å². The standard InChI is InChI=1S/C9H12O.C3H8.C2H6O.2C2H6.W/c1-3-8-4-6-9(10-2)7-5-8;2*1-3-2;2*1-2;/h4-7H,3H2,1-2H3;3H2,1-2H3;1-2H3;2*1-2H3;. The van der Waals surface area contributed by atoms with Crippen molar-refractivity contribution in [1.82, 2.24) is 0 Å². The fourth-order valence-electron chi connectivity index (χ4n) is 0.861. The van der Waals surface area contributed by atoms with Gasteiger partial charge in [-0.15, -0.1) is 0 Å². The maximum Gasteiger partial charge on any atom is 0.118 e. The summed E-state index contributed by atoms with van der Waals surface area (Å²) >= 11 is 0. The summed E-state index contributed by atoms with van der Waals surface area (Å²) in [7, 11) is 4.93. The van der Waals surface area contributed by atoms with Gasteiger partial charge in [0.25, 0.3) is 0 Å². The first-order valence-electron chi connectivity index (χ1n) is 7.73. The van der Waals surface area contributed by atoms with E-state index in [9.17, 15) is 0 Å². The Labute approximate surface area is 148 Å². The molecule has 128 valence electrons. The van der Waals surface area contributed by atoms with E-state index in [1.807, 2.05) is 39.8 Å². The minimum Gasteiger partial charge on any atom is -0.497 e. The monoisotopic (exact) mass is 470 g/mol. The first kappa shape index (κ1) is 32.6. The molecule has 0 bridgehead atoms. The Balaban J connectivity index is -0.0000000660. The van der Waals surface area contributed by atoms with E-state index in [2.05, 4.69) is 37.6 Å². The Kier molecular flexibility index (Phi) is 56.9. The predicted octanol–water partition coefficient (Wildman–Crippen LogP) is 5.99. The van der Waals surface area contributed by atoms with E-state index in [1.54, 1.807) is 21.3 Å². The maximum atomic E-state index is 5.01. The molecule has 21 heavy (non-hydrogen) atoms. The van der Waals surface area contributed by atoms with Gasteiger partial charge in [-0.1, -0.05) is 67.0 Å². The van der Waals surface area contributed by atoms with Gasteiger partial charge in [0.05, 0.1) is 7.11 Å². The average molecular weight is 470 g/mol. The molecule has 1 rings (SSSR count). The quantitative estimate of drug-likeness (QED) is 0.529. The van der Waals surface area contributed by atoms with Gasteiger partial charge in [0.1, 0.15) is 5.75 Å². The van der Waals surface area contributed by atoms with Crippen molar-refractivity contribution in [3.8, 4) is 5.75 Å². The molecule has 1 aromatic carbocycles. The van der Waals surface area contributed by atoms with Gasteiger partial charge < -0.3 is 9.47 Å². The third-order valence-electron chi connectivity index (χ3n) is 1.57. The zero-order valence-electron chi connectivity index (χ0n) is 15.9. The van der Waals surface area contributed by atoms with Gasteiger partial charge in [-0.3, -0.25) is 0 Å². The van der Waals surface area contributed by atoms with Crippen LogP contribution in [0.4, 0.5) is 0 Å². The molecule has 0 radical (unpaired) electrons. The molecule has 0 saturated carbocycles. The van der Waals surface area contributed by atoms with E-state index < -0.39 is 0 Å². The van der Waals surface area contributed by atoms with Gasteiger partial charge in [-0.25, -0.2) is 0 Å². The van der Waals surface area contributed by atoms with Gasteiger partial charge in [0.2, 0.25) is 0 Å². The number of methoxy groups -OCH3 is 2. The van der Waals surface area contributed by atoms with Crippen molar-refractivity contribution in [3.05, 3.63) is 29.8 Å². The molecule has 0 amide bonds. The van der Waals surface area contributed by atoms with Crippen LogP contribution in [0.15, 0.2) is 24.3 Å². The molecule has 0 aromatic heterocycles.